The number of amides is 1. The van der Waals surface area contributed by atoms with E-state index >= 15 is 0 Å². The van der Waals surface area contributed by atoms with Crippen molar-refractivity contribution in [3.8, 4) is 0 Å². The van der Waals surface area contributed by atoms with Crippen molar-refractivity contribution < 1.29 is 9.32 Å². The summed E-state index contributed by atoms with van der Waals surface area (Å²) in [6.45, 7) is 9.33. The fraction of sp³-hybridized carbons (Fsp3) is 0.409. The van der Waals surface area contributed by atoms with Gasteiger partial charge in [-0.05, 0) is 38.5 Å². The van der Waals surface area contributed by atoms with Gasteiger partial charge < -0.3 is 9.42 Å². The van der Waals surface area contributed by atoms with Crippen molar-refractivity contribution in [3.63, 3.8) is 0 Å². The number of hydrogen-bond acceptors (Lipinski definition) is 5. The third-order valence-corrected chi connectivity index (χ3v) is 6.99. The fourth-order valence-electron chi connectivity index (χ4n) is 3.87. The molecule has 1 amide bonds. The molecule has 32 heavy (non-hydrogen) atoms. The van der Waals surface area contributed by atoms with Gasteiger partial charge in [-0.15, -0.1) is 0 Å². The first-order valence-electron chi connectivity index (χ1n) is 10.3. The minimum Gasteiger partial charge on any atom is -0.361 e. The van der Waals surface area contributed by atoms with Crippen LogP contribution in [0.1, 0.15) is 38.8 Å². The van der Waals surface area contributed by atoms with E-state index in [4.69, 9.17) is 39.3 Å². The highest BCUT2D eigenvalue weighted by Crippen LogP contribution is 2.25. The number of nitrogens with zero attached hydrogens (tertiary/aromatic N) is 5. The van der Waals surface area contributed by atoms with E-state index in [9.17, 15) is 4.79 Å². The van der Waals surface area contributed by atoms with Crippen LogP contribution in [0.5, 0.6) is 0 Å². The van der Waals surface area contributed by atoms with E-state index in [2.05, 4.69) is 15.2 Å². The first-order chi connectivity index (χ1) is 15.2. The molecule has 3 aromatic rings. The predicted molar refractivity (Wildman–Crippen MR) is 125 cm³/mol. The Morgan fingerprint density at radius 1 is 1.06 bits per heavy atom. The van der Waals surface area contributed by atoms with Gasteiger partial charge >= 0.3 is 0 Å². The number of aromatic nitrogens is 3. The molecule has 3 heterocycles. The Morgan fingerprint density at radius 2 is 1.78 bits per heavy atom. The van der Waals surface area contributed by atoms with E-state index in [1.807, 2.05) is 30.9 Å². The van der Waals surface area contributed by atoms with E-state index in [0.29, 0.717) is 52.7 Å². The van der Waals surface area contributed by atoms with E-state index in [-0.39, 0.29) is 5.91 Å². The molecular formula is C22H24Cl3N5O2. The van der Waals surface area contributed by atoms with Crippen molar-refractivity contribution in [2.75, 3.05) is 26.2 Å². The summed E-state index contributed by atoms with van der Waals surface area (Å²) >= 11 is 18.6. The lowest BCUT2D eigenvalue weighted by molar-refractivity contribution is 0.0617. The van der Waals surface area contributed by atoms with E-state index in [1.165, 1.54) is 0 Å². The molecule has 0 saturated carbocycles. The summed E-state index contributed by atoms with van der Waals surface area (Å²) in [6.07, 6.45) is 0. The minimum absolute atomic E-state index is 0.131. The Bertz CT molecular complexity index is 1150. The molecule has 4 rings (SSSR count). The number of halogens is 3. The quantitative estimate of drug-likeness (QED) is 0.509. The molecule has 7 nitrogen and oxygen atoms in total. The standard InChI is InChI=1S/C22H24Cl3N5O2/c1-13-20(25)14(2)30(26-13)12-18-15(3)32-27-21(18)22(31)29-8-6-28(7-9-29)11-16-4-5-17(23)10-19(16)24/h4-5,10H,6-9,11-12H2,1-3H3. The van der Waals surface area contributed by atoms with Crippen LogP contribution in [-0.2, 0) is 13.1 Å². The molecule has 0 radical (unpaired) electrons. The smallest absolute Gasteiger partial charge is 0.276 e. The van der Waals surface area contributed by atoms with Crippen LogP contribution in [0.3, 0.4) is 0 Å². The molecule has 1 aromatic carbocycles. The number of aryl methyl sites for hydroxylation is 2. The average Bonchev–Trinajstić information content (AvgIpc) is 3.25. The van der Waals surface area contributed by atoms with Gasteiger partial charge in [-0.2, -0.15) is 5.10 Å². The van der Waals surface area contributed by atoms with Crippen molar-refractivity contribution in [3.05, 3.63) is 67.2 Å². The molecule has 0 N–H and O–H groups in total. The zero-order valence-electron chi connectivity index (χ0n) is 18.2. The largest absolute Gasteiger partial charge is 0.361 e. The SMILES string of the molecule is Cc1nn(Cc2c(C(=O)N3CCN(Cc4ccc(Cl)cc4Cl)CC3)noc2C)c(C)c1Cl. The lowest BCUT2D eigenvalue weighted by atomic mass is 10.1. The molecule has 170 valence electrons. The molecule has 1 saturated heterocycles. The molecule has 0 aliphatic carbocycles. The Balaban J connectivity index is 1.43. The highest BCUT2D eigenvalue weighted by molar-refractivity contribution is 6.35. The Morgan fingerprint density at radius 3 is 2.41 bits per heavy atom. The monoisotopic (exact) mass is 495 g/mol. The van der Waals surface area contributed by atoms with Gasteiger partial charge in [0.15, 0.2) is 5.69 Å². The summed E-state index contributed by atoms with van der Waals surface area (Å²) in [5, 5.41) is 10.4. The molecule has 1 fully saturated rings. The second kappa shape index (κ2) is 9.43. The van der Waals surface area contributed by atoms with Crippen LogP contribution < -0.4 is 0 Å². The zero-order chi connectivity index (χ0) is 23.0. The van der Waals surface area contributed by atoms with Gasteiger partial charge in [-0.1, -0.05) is 46.0 Å². The fourth-order valence-corrected chi connectivity index (χ4v) is 4.48. The molecule has 0 unspecified atom stereocenters. The van der Waals surface area contributed by atoms with Crippen LogP contribution >= 0.6 is 34.8 Å². The second-order valence-corrected chi connectivity index (χ2v) is 9.23. The van der Waals surface area contributed by atoms with Gasteiger partial charge in [0, 0.05) is 48.3 Å². The molecule has 1 aliphatic heterocycles. The number of carbonyl (C=O) groups excluding carboxylic acids is 1. The molecule has 1 aliphatic rings. The van der Waals surface area contributed by atoms with Gasteiger partial charge in [0.25, 0.3) is 5.91 Å². The maximum Gasteiger partial charge on any atom is 0.276 e. The van der Waals surface area contributed by atoms with Crippen molar-refractivity contribution in [2.24, 2.45) is 0 Å². The van der Waals surface area contributed by atoms with Crippen LogP contribution in [0.4, 0.5) is 0 Å². The summed E-state index contributed by atoms with van der Waals surface area (Å²) in [5.74, 6) is 0.474. The second-order valence-electron chi connectivity index (χ2n) is 8.01. The summed E-state index contributed by atoms with van der Waals surface area (Å²) in [4.78, 5) is 17.3. The Hall–Kier alpha value is -2.06. The normalized spacial score (nSPS) is 14.9. The summed E-state index contributed by atoms with van der Waals surface area (Å²) in [5.41, 5.74) is 3.68. The van der Waals surface area contributed by atoms with E-state index in [1.54, 1.807) is 17.7 Å². The molecular weight excluding hydrogens is 473 g/mol. The van der Waals surface area contributed by atoms with Gasteiger partial charge in [0.05, 0.1) is 23.0 Å². The third kappa shape index (κ3) is 4.66. The third-order valence-electron chi connectivity index (χ3n) is 5.86. The first kappa shape index (κ1) is 23.1. The Labute approximate surface area is 201 Å². The van der Waals surface area contributed by atoms with Gasteiger partial charge in [0.1, 0.15) is 5.76 Å². The van der Waals surface area contributed by atoms with Crippen molar-refractivity contribution in [2.45, 2.75) is 33.9 Å². The van der Waals surface area contributed by atoms with Crippen molar-refractivity contribution in [1.82, 2.24) is 24.7 Å². The predicted octanol–water partition coefficient (Wildman–Crippen LogP) is 4.76. The maximum atomic E-state index is 13.2. The molecule has 0 spiro atoms. The summed E-state index contributed by atoms with van der Waals surface area (Å²) in [6, 6.07) is 5.54. The van der Waals surface area contributed by atoms with Crippen molar-refractivity contribution in [1.29, 1.82) is 0 Å². The number of carbonyl (C=O) groups is 1. The summed E-state index contributed by atoms with van der Waals surface area (Å²) < 4.78 is 7.15. The Kier molecular flexibility index (Phi) is 6.81. The highest BCUT2D eigenvalue weighted by atomic mass is 35.5. The lowest BCUT2D eigenvalue weighted by Gasteiger charge is -2.34. The first-order valence-corrected chi connectivity index (χ1v) is 11.5. The number of rotatable bonds is 5. The van der Waals surface area contributed by atoms with E-state index in [0.717, 1.165) is 35.6 Å². The van der Waals surface area contributed by atoms with Crippen LogP contribution in [0.25, 0.3) is 0 Å². The van der Waals surface area contributed by atoms with E-state index < -0.39 is 0 Å². The van der Waals surface area contributed by atoms with Crippen LogP contribution in [0, 0.1) is 20.8 Å². The maximum absolute atomic E-state index is 13.2. The lowest BCUT2D eigenvalue weighted by Crippen LogP contribution is -2.48. The van der Waals surface area contributed by atoms with Crippen LogP contribution in [-0.4, -0.2) is 56.8 Å². The minimum atomic E-state index is -0.131. The average molecular weight is 497 g/mol. The number of piperazine rings is 1. The van der Waals surface area contributed by atoms with Crippen molar-refractivity contribution >= 4 is 40.7 Å². The highest BCUT2D eigenvalue weighted by Gasteiger charge is 2.28. The molecule has 2 aromatic heterocycles. The summed E-state index contributed by atoms with van der Waals surface area (Å²) in [7, 11) is 0. The number of hydrogen-bond donors (Lipinski definition) is 0. The van der Waals surface area contributed by atoms with Gasteiger partial charge in [0.2, 0.25) is 0 Å². The van der Waals surface area contributed by atoms with Crippen LogP contribution in [0.15, 0.2) is 22.7 Å². The molecule has 10 heteroatoms. The topological polar surface area (TPSA) is 67.4 Å². The molecule has 0 bridgehead atoms. The number of benzene rings is 1. The zero-order valence-corrected chi connectivity index (χ0v) is 20.4. The van der Waals surface area contributed by atoms with Gasteiger partial charge in [-0.3, -0.25) is 14.4 Å². The van der Waals surface area contributed by atoms with Gasteiger partial charge in [-0.25, -0.2) is 0 Å². The van der Waals surface area contributed by atoms with Crippen LogP contribution in [0.2, 0.25) is 15.1 Å². The molecule has 0 atom stereocenters.